The molecule has 2 aromatic rings. The van der Waals surface area contributed by atoms with E-state index in [-0.39, 0.29) is 17.2 Å². The second kappa shape index (κ2) is 8.70. The topological polar surface area (TPSA) is 55.4 Å². The molecule has 0 aliphatic carbocycles. The lowest BCUT2D eigenvalue weighted by Crippen LogP contribution is -2.18. The molecule has 0 atom stereocenters. The Hall–Kier alpha value is -2.14. The highest BCUT2D eigenvalue weighted by atomic mass is 35.5. The Labute approximate surface area is 167 Å². The Kier molecular flexibility index (Phi) is 6.94. The van der Waals surface area contributed by atoms with Gasteiger partial charge in [0.05, 0.1) is 22.0 Å². The molecular formula is C17H14ClF6NO3S. The maximum absolute atomic E-state index is 12.9. The van der Waals surface area contributed by atoms with Crippen molar-refractivity contribution in [1.82, 2.24) is 0 Å². The number of halogens is 7. The maximum atomic E-state index is 12.9. The third-order valence-electron chi connectivity index (χ3n) is 3.48. The molecule has 12 heteroatoms. The molecular weight excluding hydrogens is 448 g/mol. The molecule has 4 nitrogen and oxygen atoms in total. The van der Waals surface area contributed by atoms with Gasteiger partial charge in [0.25, 0.3) is 0 Å². The average Bonchev–Trinajstić information content (AvgIpc) is 2.54. The first kappa shape index (κ1) is 23.1. The predicted octanol–water partition coefficient (Wildman–Crippen LogP) is 6.24. The van der Waals surface area contributed by atoms with Gasteiger partial charge in [-0.2, -0.15) is 26.3 Å². The van der Waals surface area contributed by atoms with Crippen LogP contribution in [-0.2, 0) is 16.2 Å². The van der Waals surface area contributed by atoms with Crippen LogP contribution in [0, 0.1) is 0 Å². The third kappa shape index (κ3) is 7.32. The highest BCUT2D eigenvalue weighted by Gasteiger charge is 2.34. The lowest BCUT2D eigenvalue weighted by molar-refractivity contribution is -0.137. The van der Waals surface area contributed by atoms with Crippen molar-refractivity contribution >= 4 is 27.3 Å². The van der Waals surface area contributed by atoms with Crippen LogP contribution in [0.15, 0.2) is 42.5 Å². The van der Waals surface area contributed by atoms with E-state index in [1.54, 1.807) is 0 Å². The smallest absolute Gasteiger partial charge is 0.417 e. The van der Waals surface area contributed by atoms with Gasteiger partial charge in [-0.3, -0.25) is 4.72 Å². The van der Waals surface area contributed by atoms with Crippen LogP contribution in [0.3, 0.4) is 0 Å². The van der Waals surface area contributed by atoms with E-state index >= 15 is 0 Å². The molecule has 0 fully saturated rings. The summed E-state index contributed by atoms with van der Waals surface area (Å²) in [5, 5.41) is -0.668. The number of rotatable bonds is 7. The zero-order chi connectivity index (χ0) is 21.9. The fraction of sp³-hybridized carbons (Fsp3) is 0.294. The second-order valence-electron chi connectivity index (χ2n) is 5.89. The van der Waals surface area contributed by atoms with Crippen LogP contribution in [0.4, 0.5) is 32.0 Å². The van der Waals surface area contributed by atoms with Gasteiger partial charge >= 0.3 is 12.4 Å². The Morgan fingerprint density at radius 2 is 1.66 bits per heavy atom. The fourth-order valence-corrected chi connectivity index (χ4v) is 3.64. The van der Waals surface area contributed by atoms with Crippen LogP contribution in [0.25, 0.3) is 0 Å². The summed E-state index contributed by atoms with van der Waals surface area (Å²) in [6.07, 6.45) is -11.0. The number of hydrogen-bond donors (Lipinski definition) is 1. The van der Waals surface area contributed by atoms with Crippen molar-refractivity contribution in [2.75, 3.05) is 10.5 Å². The molecule has 1 N–H and O–H groups in total. The summed E-state index contributed by atoms with van der Waals surface area (Å²) in [6.45, 7) is 0. The first-order chi connectivity index (χ1) is 13.3. The number of anilines is 1. The molecule has 160 valence electrons. The van der Waals surface area contributed by atoms with E-state index in [2.05, 4.69) is 4.72 Å². The molecule has 0 aliphatic heterocycles. The summed E-state index contributed by atoms with van der Waals surface area (Å²) in [5.74, 6) is -1.08. The van der Waals surface area contributed by atoms with Crippen molar-refractivity contribution < 1.29 is 39.5 Å². The molecule has 0 amide bonds. The summed E-state index contributed by atoms with van der Waals surface area (Å²) in [5.41, 5.74) is -1.13. The molecule has 0 aliphatic rings. The SMILES string of the molecule is O=S(=O)(CCCC(F)(F)F)Nc1cccc(Oc2cccc(C(F)(F)F)c2Cl)c1. The van der Waals surface area contributed by atoms with Gasteiger partial charge in [0.1, 0.15) is 11.5 Å². The molecule has 29 heavy (non-hydrogen) atoms. The van der Waals surface area contributed by atoms with E-state index in [9.17, 15) is 34.8 Å². The van der Waals surface area contributed by atoms with Crippen LogP contribution >= 0.6 is 11.6 Å². The zero-order valence-corrected chi connectivity index (χ0v) is 16.0. The Morgan fingerprint density at radius 1 is 1.00 bits per heavy atom. The monoisotopic (exact) mass is 461 g/mol. The van der Waals surface area contributed by atoms with Gasteiger partial charge in [0, 0.05) is 12.5 Å². The zero-order valence-electron chi connectivity index (χ0n) is 14.4. The quantitative estimate of drug-likeness (QED) is 0.497. The largest absolute Gasteiger partial charge is 0.456 e. The predicted molar refractivity (Wildman–Crippen MR) is 95.7 cm³/mol. The summed E-state index contributed by atoms with van der Waals surface area (Å²) in [7, 11) is -4.06. The van der Waals surface area contributed by atoms with Crippen LogP contribution in [0.5, 0.6) is 11.5 Å². The second-order valence-corrected chi connectivity index (χ2v) is 8.10. The lowest BCUT2D eigenvalue weighted by atomic mass is 10.2. The minimum Gasteiger partial charge on any atom is -0.456 e. The number of nitrogens with one attached hydrogen (secondary N) is 1. The number of hydrogen-bond acceptors (Lipinski definition) is 3. The van der Waals surface area contributed by atoms with E-state index in [1.807, 2.05) is 0 Å². The van der Waals surface area contributed by atoms with E-state index in [0.717, 1.165) is 18.2 Å². The van der Waals surface area contributed by atoms with Crippen molar-refractivity contribution in [1.29, 1.82) is 0 Å². The van der Waals surface area contributed by atoms with Crippen LogP contribution in [0.1, 0.15) is 18.4 Å². The van der Waals surface area contributed by atoms with E-state index in [0.29, 0.717) is 0 Å². The van der Waals surface area contributed by atoms with Crippen molar-refractivity contribution in [3.63, 3.8) is 0 Å². The lowest BCUT2D eigenvalue weighted by Gasteiger charge is -2.14. The van der Waals surface area contributed by atoms with Gasteiger partial charge in [-0.25, -0.2) is 8.42 Å². The summed E-state index contributed by atoms with van der Waals surface area (Å²) < 4.78 is 106. The first-order valence-electron chi connectivity index (χ1n) is 7.98. The van der Waals surface area contributed by atoms with Gasteiger partial charge in [0.15, 0.2) is 0 Å². The Bertz CT molecular complexity index is 960. The molecule has 0 radical (unpaired) electrons. The third-order valence-corrected chi connectivity index (χ3v) is 5.24. The van der Waals surface area contributed by atoms with E-state index < -0.39 is 51.6 Å². The van der Waals surface area contributed by atoms with E-state index in [1.165, 1.54) is 24.3 Å². The molecule has 0 saturated carbocycles. The summed E-state index contributed by atoms with van der Waals surface area (Å²) in [6, 6.07) is 8.24. The maximum Gasteiger partial charge on any atom is 0.417 e. The Morgan fingerprint density at radius 3 is 2.28 bits per heavy atom. The van der Waals surface area contributed by atoms with Gasteiger partial charge < -0.3 is 4.74 Å². The molecule has 0 saturated heterocycles. The summed E-state index contributed by atoms with van der Waals surface area (Å²) in [4.78, 5) is 0. The number of ether oxygens (including phenoxy) is 1. The molecule has 0 bridgehead atoms. The van der Waals surface area contributed by atoms with E-state index in [4.69, 9.17) is 16.3 Å². The molecule has 2 rings (SSSR count). The number of alkyl halides is 6. The van der Waals surface area contributed by atoms with Crippen molar-refractivity contribution in [3.8, 4) is 11.5 Å². The van der Waals surface area contributed by atoms with Crippen LogP contribution < -0.4 is 9.46 Å². The van der Waals surface area contributed by atoms with Crippen molar-refractivity contribution in [2.24, 2.45) is 0 Å². The minimum absolute atomic E-state index is 0.0262. The van der Waals surface area contributed by atoms with Crippen molar-refractivity contribution in [3.05, 3.63) is 53.1 Å². The van der Waals surface area contributed by atoms with Crippen LogP contribution in [0.2, 0.25) is 5.02 Å². The molecule has 0 aromatic heterocycles. The normalized spacial score (nSPS) is 12.7. The highest BCUT2D eigenvalue weighted by molar-refractivity contribution is 7.92. The van der Waals surface area contributed by atoms with Crippen molar-refractivity contribution in [2.45, 2.75) is 25.2 Å². The average molecular weight is 462 g/mol. The summed E-state index contributed by atoms with van der Waals surface area (Å²) >= 11 is 5.74. The standard InChI is InChI=1S/C17H14ClF6NO3S/c18-15-13(17(22,23)24)6-2-7-14(15)28-12-5-1-4-11(10-12)25-29(26,27)9-3-8-16(19,20)21/h1-2,4-7,10,25H,3,8-9H2. The molecule has 2 aromatic carbocycles. The van der Waals surface area contributed by atoms with Gasteiger partial charge in [-0.15, -0.1) is 0 Å². The molecule has 0 heterocycles. The minimum atomic E-state index is -4.69. The molecule has 0 spiro atoms. The van der Waals surface area contributed by atoms with Gasteiger partial charge in [-0.1, -0.05) is 23.7 Å². The number of sulfonamides is 1. The highest BCUT2D eigenvalue weighted by Crippen LogP contribution is 2.40. The number of benzene rings is 2. The fourth-order valence-electron chi connectivity index (χ4n) is 2.25. The Balaban J connectivity index is 2.13. The van der Waals surface area contributed by atoms with Crippen LogP contribution in [-0.4, -0.2) is 20.3 Å². The molecule has 0 unspecified atom stereocenters. The van der Waals surface area contributed by atoms with Gasteiger partial charge in [-0.05, 0) is 30.7 Å². The van der Waals surface area contributed by atoms with Gasteiger partial charge in [0.2, 0.25) is 10.0 Å². The first-order valence-corrected chi connectivity index (χ1v) is 10.0.